The summed E-state index contributed by atoms with van der Waals surface area (Å²) in [6.07, 6.45) is -4.34. The van der Waals surface area contributed by atoms with Gasteiger partial charge in [-0.25, -0.2) is 0 Å². The topological polar surface area (TPSA) is 23.5 Å². The molecule has 1 N–H and O–H groups in total. The summed E-state index contributed by atoms with van der Waals surface area (Å²) in [7, 11) is 0. The number of hydrogen-bond acceptors (Lipinski definition) is 3. The molecule has 1 aromatic rings. The zero-order valence-corrected chi connectivity index (χ0v) is 10.5. The highest BCUT2D eigenvalue weighted by atomic mass is 32.2. The lowest BCUT2D eigenvalue weighted by Gasteiger charge is -2.30. The molecule has 1 aliphatic rings. The van der Waals surface area contributed by atoms with Gasteiger partial charge in [0, 0.05) is 35.8 Å². The van der Waals surface area contributed by atoms with E-state index in [1.807, 2.05) is 4.90 Å². The maximum Gasteiger partial charge on any atom is 0.416 e. The molecule has 1 aliphatic heterocycles. The second kappa shape index (κ2) is 5.40. The van der Waals surface area contributed by atoms with Crippen molar-refractivity contribution < 1.29 is 18.3 Å². The van der Waals surface area contributed by atoms with Gasteiger partial charge in [-0.3, -0.25) is 0 Å². The molecule has 100 valence electrons. The Morgan fingerprint density at radius 3 is 2.44 bits per heavy atom. The molecular weight excluding hydrogens is 263 g/mol. The fourth-order valence-corrected chi connectivity index (χ4v) is 2.88. The Balaban J connectivity index is 2.35. The van der Waals surface area contributed by atoms with E-state index in [-0.39, 0.29) is 6.61 Å². The fraction of sp³-hybridized carbons (Fsp3) is 0.500. The molecule has 2 rings (SSSR count). The molecule has 0 aliphatic carbocycles. The molecule has 1 heterocycles. The van der Waals surface area contributed by atoms with Gasteiger partial charge in [-0.15, -0.1) is 0 Å². The van der Waals surface area contributed by atoms with Gasteiger partial charge in [0.05, 0.1) is 12.2 Å². The zero-order chi connectivity index (χ0) is 13.2. The van der Waals surface area contributed by atoms with Crippen molar-refractivity contribution >= 4 is 17.4 Å². The van der Waals surface area contributed by atoms with E-state index in [1.54, 1.807) is 11.8 Å². The third-order valence-corrected chi connectivity index (χ3v) is 3.88. The van der Waals surface area contributed by atoms with Crippen molar-refractivity contribution in [2.75, 3.05) is 29.5 Å². The van der Waals surface area contributed by atoms with E-state index in [2.05, 4.69) is 0 Å². The van der Waals surface area contributed by atoms with Crippen LogP contribution in [-0.4, -0.2) is 29.7 Å². The highest BCUT2D eigenvalue weighted by Crippen LogP contribution is 2.34. The molecule has 0 spiro atoms. The SMILES string of the molecule is OCc1ccc(C(F)(F)F)cc1N1CCSCC1. The zero-order valence-electron chi connectivity index (χ0n) is 9.70. The summed E-state index contributed by atoms with van der Waals surface area (Å²) in [5, 5.41) is 9.23. The van der Waals surface area contributed by atoms with Gasteiger partial charge in [0.25, 0.3) is 0 Å². The molecule has 2 nitrogen and oxygen atoms in total. The van der Waals surface area contributed by atoms with Crippen molar-refractivity contribution in [3.05, 3.63) is 29.3 Å². The Morgan fingerprint density at radius 1 is 1.22 bits per heavy atom. The molecule has 0 atom stereocenters. The van der Waals surface area contributed by atoms with E-state index in [9.17, 15) is 18.3 Å². The first-order chi connectivity index (χ1) is 8.52. The van der Waals surface area contributed by atoms with Crippen LogP contribution in [0.15, 0.2) is 18.2 Å². The summed E-state index contributed by atoms with van der Waals surface area (Å²) in [6, 6.07) is 3.52. The van der Waals surface area contributed by atoms with Crippen LogP contribution in [-0.2, 0) is 12.8 Å². The first kappa shape index (κ1) is 13.5. The minimum atomic E-state index is -4.34. The molecule has 0 bridgehead atoms. The summed E-state index contributed by atoms with van der Waals surface area (Å²) in [5.41, 5.74) is 0.399. The first-order valence-corrected chi connectivity index (χ1v) is 6.81. The molecule has 6 heteroatoms. The van der Waals surface area contributed by atoms with E-state index in [0.717, 1.165) is 36.7 Å². The molecule has 1 fully saturated rings. The Morgan fingerprint density at radius 2 is 1.89 bits per heavy atom. The average molecular weight is 277 g/mol. The summed E-state index contributed by atoms with van der Waals surface area (Å²) in [6.45, 7) is 1.20. The van der Waals surface area contributed by atoms with Crippen molar-refractivity contribution in [2.24, 2.45) is 0 Å². The van der Waals surface area contributed by atoms with Crippen LogP contribution in [0.25, 0.3) is 0 Å². The van der Waals surface area contributed by atoms with Crippen LogP contribution in [0.2, 0.25) is 0 Å². The average Bonchev–Trinajstić information content (AvgIpc) is 2.38. The molecule has 1 aromatic carbocycles. The molecular formula is C12H14F3NOS. The normalized spacial score (nSPS) is 17.0. The largest absolute Gasteiger partial charge is 0.416 e. The minimum Gasteiger partial charge on any atom is -0.392 e. The third-order valence-electron chi connectivity index (χ3n) is 2.93. The van der Waals surface area contributed by atoms with Crippen LogP contribution >= 0.6 is 11.8 Å². The van der Waals surface area contributed by atoms with Gasteiger partial charge in [0.15, 0.2) is 0 Å². The number of thioether (sulfide) groups is 1. The van der Waals surface area contributed by atoms with Gasteiger partial charge >= 0.3 is 6.18 Å². The molecule has 0 unspecified atom stereocenters. The second-order valence-corrected chi connectivity index (χ2v) is 5.32. The monoisotopic (exact) mass is 277 g/mol. The van der Waals surface area contributed by atoms with Gasteiger partial charge < -0.3 is 10.0 Å². The highest BCUT2D eigenvalue weighted by molar-refractivity contribution is 7.99. The lowest BCUT2D eigenvalue weighted by molar-refractivity contribution is -0.137. The van der Waals surface area contributed by atoms with Crippen LogP contribution in [0.1, 0.15) is 11.1 Å². The number of aliphatic hydroxyl groups is 1. The van der Waals surface area contributed by atoms with E-state index in [4.69, 9.17) is 0 Å². The number of rotatable bonds is 2. The third kappa shape index (κ3) is 2.92. The molecule has 0 radical (unpaired) electrons. The smallest absolute Gasteiger partial charge is 0.392 e. The Bertz CT molecular complexity index is 416. The van der Waals surface area contributed by atoms with Crippen molar-refractivity contribution in [2.45, 2.75) is 12.8 Å². The molecule has 0 saturated carbocycles. The van der Waals surface area contributed by atoms with Crippen LogP contribution in [0.4, 0.5) is 18.9 Å². The van der Waals surface area contributed by atoms with E-state index in [0.29, 0.717) is 11.3 Å². The Kier molecular flexibility index (Phi) is 4.07. The molecule has 18 heavy (non-hydrogen) atoms. The highest BCUT2D eigenvalue weighted by Gasteiger charge is 2.31. The van der Waals surface area contributed by atoms with Crippen LogP contribution in [0, 0.1) is 0 Å². The maximum absolute atomic E-state index is 12.7. The van der Waals surface area contributed by atoms with Crippen molar-refractivity contribution in [3.63, 3.8) is 0 Å². The molecule has 0 aromatic heterocycles. The number of alkyl halides is 3. The standard InChI is InChI=1S/C12H14F3NOS/c13-12(14,15)10-2-1-9(8-17)11(7-10)16-3-5-18-6-4-16/h1-2,7,17H,3-6,8H2. The van der Waals surface area contributed by atoms with E-state index in [1.165, 1.54) is 6.07 Å². The second-order valence-electron chi connectivity index (χ2n) is 4.10. The summed E-state index contributed by atoms with van der Waals surface area (Å²) < 4.78 is 38.1. The van der Waals surface area contributed by atoms with Gasteiger partial charge in [0.2, 0.25) is 0 Å². The predicted molar refractivity (Wildman–Crippen MR) is 66.9 cm³/mol. The maximum atomic E-state index is 12.7. The molecule has 1 saturated heterocycles. The van der Waals surface area contributed by atoms with Crippen LogP contribution in [0.5, 0.6) is 0 Å². The summed E-state index contributed by atoms with van der Waals surface area (Å²) >= 11 is 1.79. The number of benzene rings is 1. The van der Waals surface area contributed by atoms with Crippen molar-refractivity contribution in [1.82, 2.24) is 0 Å². The lowest BCUT2D eigenvalue weighted by Crippen LogP contribution is -2.33. The fourth-order valence-electron chi connectivity index (χ4n) is 1.97. The van der Waals surface area contributed by atoms with Crippen LogP contribution in [0.3, 0.4) is 0 Å². The number of hydrogen-bond donors (Lipinski definition) is 1. The van der Waals surface area contributed by atoms with Gasteiger partial charge in [-0.2, -0.15) is 24.9 Å². The number of nitrogens with zero attached hydrogens (tertiary/aromatic N) is 1. The number of halogens is 3. The summed E-state index contributed by atoms with van der Waals surface area (Å²) in [4.78, 5) is 1.91. The first-order valence-electron chi connectivity index (χ1n) is 5.66. The van der Waals surface area contributed by atoms with Gasteiger partial charge in [0.1, 0.15) is 0 Å². The van der Waals surface area contributed by atoms with Crippen LogP contribution < -0.4 is 4.90 Å². The number of anilines is 1. The van der Waals surface area contributed by atoms with E-state index < -0.39 is 11.7 Å². The number of aliphatic hydroxyl groups excluding tert-OH is 1. The quantitative estimate of drug-likeness (QED) is 0.899. The predicted octanol–water partition coefficient (Wildman–Crippen LogP) is 2.75. The van der Waals surface area contributed by atoms with Gasteiger partial charge in [-0.1, -0.05) is 6.07 Å². The van der Waals surface area contributed by atoms with Crippen molar-refractivity contribution in [3.8, 4) is 0 Å². The molecule has 0 amide bonds. The van der Waals surface area contributed by atoms with Crippen molar-refractivity contribution in [1.29, 1.82) is 0 Å². The van der Waals surface area contributed by atoms with Gasteiger partial charge in [-0.05, 0) is 12.1 Å². The lowest BCUT2D eigenvalue weighted by atomic mass is 10.1. The Hall–Kier alpha value is -0.880. The minimum absolute atomic E-state index is 0.239. The Labute approximate surface area is 108 Å². The summed E-state index contributed by atoms with van der Waals surface area (Å²) in [5.74, 6) is 1.81. The van der Waals surface area contributed by atoms with E-state index >= 15 is 0 Å².